The van der Waals surface area contributed by atoms with Crippen molar-refractivity contribution < 1.29 is 19.1 Å². The number of hydrogen-bond acceptors (Lipinski definition) is 7. The first-order valence-corrected chi connectivity index (χ1v) is 19.3. The van der Waals surface area contributed by atoms with Gasteiger partial charge in [-0.1, -0.05) is 31.8 Å². The van der Waals surface area contributed by atoms with Crippen molar-refractivity contribution in [2.24, 2.45) is 0 Å². The van der Waals surface area contributed by atoms with Crippen LogP contribution in [0.25, 0.3) is 5.57 Å². The van der Waals surface area contributed by atoms with Crippen LogP contribution in [0.2, 0.25) is 25.7 Å². The van der Waals surface area contributed by atoms with Crippen molar-refractivity contribution >= 4 is 25.5 Å². The summed E-state index contributed by atoms with van der Waals surface area (Å²) in [7, 11) is -1.25. The summed E-state index contributed by atoms with van der Waals surface area (Å²) >= 11 is 0. The number of pyridine rings is 1. The molecule has 0 spiro atoms. The lowest BCUT2D eigenvalue weighted by atomic mass is 9.89. The predicted octanol–water partition coefficient (Wildman–Crippen LogP) is 6.96. The van der Waals surface area contributed by atoms with E-state index in [1.807, 2.05) is 32.9 Å². The SMILES string of the molecule is CC(C)(C)OC(=O)N1CCC(c2ccc(CC(=O)c3nc(C#N)cn3COCC[Si](C)(C)C)c(C3=CCCCC3)n2)CC1. The minimum Gasteiger partial charge on any atom is -0.444 e. The van der Waals surface area contributed by atoms with Gasteiger partial charge >= 0.3 is 6.09 Å². The van der Waals surface area contributed by atoms with Crippen molar-refractivity contribution in [3.63, 3.8) is 0 Å². The summed E-state index contributed by atoms with van der Waals surface area (Å²) in [5.74, 6) is 0.316. The van der Waals surface area contributed by atoms with Crippen LogP contribution >= 0.6 is 0 Å². The molecule has 0 aromatic carbocycles. The first-order valence-electron chi connectivity index (χ1n) is 15.6. The molecule has 10 heteroatoms. The van der Waals surface area contributed by atoms with Gasteiger partial charge in [-0.3, -0.25) is 9.78 Å². The van der Waals surface area contributed by atoms with Gasteiger partial charge in [0.05, 0.1) is 5.69 Å². The highest BCUT2D eigenvalue weighted by atomic mass is 28.3. The fraction of sp³-hybridized carbons (Fsp3) is 0.606. The lowest BCUT2D eigenvalue weighted by Gasteiger charge is -2.33. The number of allylic oxidation sites excluding steroid dienone is 2. The number of amides is 1. The minimum atomic E-state index is -1.25. The Morgan fingerprint density at radius 3 is 2.49 bits per heavy atom. The molecule has 0 radical (unpaired) electrons. The Balaban J connectivity index is 1.51. The number of likely N-dealkylation sites (tertiary alicyclic amines) is 1. The summed E-state index contributed by atoms with van der Waals surface area (Å²) in [6.45, 7) is 14.6. The second-order valence-electron chi connectivity index (χ2n) is 13.9. The smallest absolute Gasteiger partial charge is 0.410 e. The molecular weight excluding hydrogens is 558 g/mol. The third-order valence-electron chi connectivity index (χ3n) is 7.88. The molecule has 4 rings (SSSR count). The average Bonchev–Trinajstić information content (AvgIpc) is 3.38. The molecule has 0 unspecified atom stereocenters. The van der Waals surface area contributed by atoms with Gasteiger partial charge in [0.1, 0.15) is 18.4 Å². The van der Waals surface area contributed by atoms with E-state index in [4.69, 9.17) is 14.5 Å². The lowest BCUT2D eigenvalue weighted by molar-refractivity contribution is 0.0204. The summed E-state index contributed by atoms with van der Waals surface area (Å²) in [5, 5.41) is 9.47. The summed E-state index contributed by atoms with van der Waals surface area (Å²) in [5.41, 5.74) is 3.66. The highest BCUT2D eigenvalue weighted by molar-refractivity contribution is 6.76. The Kier molecular flexibility index (Phi) is 10.6. The zero-order chi connectivity index (χ0) is 31.2. The highest BCUT2D eigenvalue weighted by Crippen LogP contribution is 2.33. The van der Waals surface area contributed by atoms with Crippen LogP contribution in [-0.4, -0.2) is 64.7 Å². The van der Waals surface area contributed by atoms with E-state index in [-0.39, 0.29) is 42.5 Å². The molecule has 0 saturated carbocycles. The van der Waals surface area contributed by atoms with E-state index in [0.717, 1.165) is 61.5 Å². The number of nitriles is 1. The summed E-state index contributed by atoms with van der Waals surface area (Å²) in [6.07, 6.45) is 9.57. The van der Waals surface area contributed by atoms with Crippen LogP contribution < -0.4 is 0 Å². The first kappa shape index (κ1) is 32.6. The Hall–Kier alpha value is -3.29. The largest absolute Gasteiger partial charge is 0.444 e. The maximum Gasteiger partial charge on any atom is 0.410 e. The van der Waals surface area contributed by atoms with Crippen molar-refractivity contribution in [2.75, 3.05) is 19.7 Å². The maximum atomic E-state index is 13.6. The molecule has 232 valence electrons. The minimum absolute atomic E-state index is 0.147. The van der Waals surface area contributed by atoms with E-state index < -0.39 is 13.7 Å². The zero-order valence-electron chi connectivity index (χ0n) is 26.7. The number of ether oxygens (including phenoxy) is 2. The first-order chi connectivity index (χ1) is 20.3. The molecule has 1 aliphatic heterocycles. The maximum absolute atomic E-state index is 13.6. The Morgan fingerprint density at radius 1 is 1.12 bits per heavy atom. The van der Waals surface area contributed by atoms with E-state index in [1.165, 1.54) is 5.57 Å². The molecule has 43 heavy (non-hydrogen) atoms. The number of aromatic nitrogens is 3. The Labute approximate surface area is 257 Å². The summed E-state index contributed by atoms with van der Waals surface area (Å²) < 4.78 is 13.1. The van der Waals surface area contributed by atoms with E-state index in [9.17, 15) is 14.9 Å². The number of rotatable bonds is 10. The van der Waals surface area contributed by atoms with Crippen molar-refractivity contribution in [3.05, 3.63) is 52.9 Å². The molecule has 9 nitrogen and oxygen atoms in total. The number of nitrogens with zero attached hydrogens (tertiary/aromatic N) is 5. The quantitative estimate of drug-likeness (QED) is 0.164. The average molecular weight is 606 g/mol. The van der Waals surface area contributed by atoms with Crippen LogP contribution in [0.1, 0.15) is 98.5 Å². The fourth-order valence-corrected chi connectivity index (χ4v) is 6.23. The van der Waals surface area contributed by atoms with E-state index >= 15 is 0 Å². The molecule has 0 atom stereocenters. The number of imidazole rings is 1. The summed E-state index contributed by atoms with van der Waals surface area (Å²) in [6, 6.07) is 7.16. The monoisotopic (exact) mass is 605 g/mol. The van der Waals surface area contributed by atoms with Gasteiger partial charge in [-0.15, -0.1) is 0 Å². The van der Waals surface area contributed by atoms with Gasteiger partial charge in [0.25, 0.3) is 0 Å². The number of piperidine rings is 1. The van der Waals surface area contributed by atoms with Gasteiger partial charge in [0.15, 0.2) is 11.5 Å². The van der Waals surface area contributed by atoms with Gasteiger partial charge in [-0.05, 0) is 82.5 Å². The molecule has 2 aromatic heterocycles. The topological polar surface area (TPSA) is 110 Å². The van der Waals surface area contributed by atoms with E-state index in [1.54, 1.807) is 15.7 Å². The number of Topliss-reactive ketones (excluding diaryl/α,β-unsaturated/α-hetero) is 1. The second kappa shape index (κ2) is 14.0. The Morgan fingerprint density at radius 2 is 1.86 bits per heavy atom. The molecule has 2 aliphatic rings. The molecular formula is C33H47N5O4Si. The molecule has 0 bridgehead atoms. The number of carbonyl (C=O) groups is 2. The number of ketones is 1. The van der Waals surface area contributed by atoms with Crippen molar-refractivity contribution in [2.45, 2.75) is 110 Å². The van der Waals surface area contributed by atoms with Gasteiger partial charge in [0.2, 0.25) is 5.78 Å². The number of hydrogen-bond donors (Lipinski definition) is 0. The molecule has 2 aromatic rings. The van der Waals surface area contributed by atoms with Crippen LogP contribution in [-0.2, 0) is 22.6 Å². The van der Waals surface area contributed by atoms with Crippen LogP contribution in [0.3, 0.4) is 0 Å². The van der Waals surface area contributed by atoms with Crippen LogP contribution in [0.5, 0.6) is 0 Å². The molecule has 3 heterocycles. The molecule has 0 N–H and O–H groups in total. The third-order valence-corrected chi connectivity index (χ3v) is 9.58. The van der Waals surface area contributed by atoms with Crippen molar-refractivity contribution in [1.82, 2.24) is 19.4 Å². The van der Waals surface area contributed by atoms with E-state index in [0.29, 0.717) is 19.7 Å². The molecule has 1 aliphatic carbocycles. The fourth-order valence-electron chi connectivity index (χ4n) is 5.47. The van der Waals surface area contributed by atoms with Crippen LogP contribution in [0.15, 0.2) is 24.4 Å². The van der Waals surface area contributed by atoms with Gasteiger partial charge in [-0.25, -0.2) is 9.78 Å². The molecule has 1 fully saturated rings. The molecule has 1 saturated heterocycles. The molecule has 1 amide bonds. The lowest BCUT2D eigenvalue weighted by Crippen LogP contribution is -2.41. The predicted molar refractivity (Wildman–Crippen MR) is 170 cm³/mol. The normalized spacial score (nSPS) is 16.5. The van der Waals surface area contributed by atoms with Gasteiger partial charge in [0, 0.05) is 52.0 Å². The van der Waals surface area contributed by atoms with Gasteiger partial charge < -0.3 is 18.9 Å². The van der Waals surface area contributed by atoms with Crippen molar-refractivity contribution in [3.8, 4) is 6.07 Å². The third kappa shape index (κ3) is 9.34. The second-order valence-corrected chi connectivity index (χ2v) is 19.6. The zero-order valence-corrected chi connectivity index (χ0v) is 27.7. The highest BCUT2D eigenvalue weighted by Gasteiger charge is 2.29. The number of carbonyl (C=O) groups excluding carboxylic acids is 2. The van der Waals surface area contributed by atoms with Crippen LogP contribution in [0.4, 0.5) is 4.79 Å². The van der Waals surface area contributed by atoms with Crippen LogP contribution in [0, 0.1) is 11.3 Å². The van der Waals surface area contributed by atoms with E-state index in [2.05, 4.69) is 36.8 Å². The summed E-state index contributed by atoms with van der Waals surface area (Å²) in [4.78, 5) is 37.5. The van der Waals surface area contributed by atoms with Gasteiger partial charge in [-0.2, -0.15) is 5.26 Å². The van der Waals surface area contributed by atoms with Crippen molar-refractivity contribution in [1.29, 1.82) is 5.26 Å². The Bertz CT molecular complexity index is 1370. The standard InChI is InChI=1S/C33H47N5O4Si/c1-33(2,3)42-32(40)37-16-14-24(15-17-37)28-13-12-26(30(36-28)25-10-8-7-9-11-25)20-29(39)31-35-27(21-34)22-38(31)23-41-18-19-43(4,5)6/h10,12-13,22,24H,7-9,11,14-20,23H2,1-6H3.